The second-order valence-corrected chi connectivity index (χ2v) is 9.01. The number of hydrogen-bond donors (Lipinski definition) is 2. The highest BCUT2D eigenvalue weighted by molar-refractivity contribution is 7.11. The molecule has 2 heterocycles. The van der Waals surface area contributed by atoms with Crippen molar-refractivity contribution in [1.82, 2.24) is 9.27 Å². The summed E-state index contributed by atoms with van der Waals surface area (Å²) in [5.74, 6) is -0.400. The number of anilines is 1. The molecular formula is C25H23ClFN3O2S. The molecule has 0 unspecified atom stereocenters. The maximum absolute atomic E-state index is 15.0. The minimum Gasteiger partial charge on any atom is -0.508 e. The van der Waals surface area contributed by atoms with E-state index in [9.17, 15) is 9.90 Å². The fourth-order valence-electron chi connectivity index (χ4n) is 4.02. The van der Waals surface area contributed by atoms with Gasteiger partial charge in [0, 0.05) is 24.0 Å². The molecule has 33 heavy (non-hydrogen) atoms. The molecule has 170 valence electrons. The molecule has 5 rings (SSSR count). The zero-order valence-electron chi connectivity index (χ0n) is 17.9. The van der Waals surface area contributed by atoms with E-state index in [-0.39, 0.29) is 27.8 Å². The predicted octanol–water partition coefficient (Wildman–Crippen LogP) is 6.38. The number of rotatable bonds is 2. The highest BCUT2D eigenvalue weighted by Gasteiger charge is 2.20. The van der Waals surface area contributed by atoms with Crippen molar-refractivity contribution < 1.29 is 14.3 Å². The number of nitrogen functional groups attached to an aromatic ring is 1. The summed E-state index contributed by atoms with van der Waals surface area (Å²) >= 11 is 7.36. The van der Waals surface area contributed by atoms with E-state index in [2.05, 4.69) is 11.0 Å². The number of carbonyl (C=O) groups is 1. The Morgan fingerprint density at radius 3 is 2.64 bits per heavy atom. The highest BCUT2D eigenvalue weighted by atomic mass is 35.5. The Balaban J connectivity index is 0.000000219. The van der Waals surface area contributed by atoms with Crippen LogP contribution in [0.15, 0.2) is 55.1 Å². The van der Waals surface area contributed by atoms with Crippen molar-refractivity contribution in [2.24, 2.45) is 0 Å². The van der Waals surface area contributed by atoms with E-state index in [4.69, 9.17) is 17.3 Å². The normalized spacial score (nSPS) is 13.6. The first kappa shape index (κ1) is 23.0. The number of hydrogen-bond acceptors (Lipinski definition) is 5. The minimum atomic E-state index is -0.531. The van der Waals surface area contributed by atoms with Crippen LogP contribution < -0.4 is 5.73 Å². The summed E-state index contributed by atoms with van der Waals surface area (Å²) in [6.07, 6.45) is 4.96. The number of amides is 1. The lowest BCUT2D eigenvalue weighted by molar-refractivity contribution is -0.126. The summed E-state index contributed by atoms with van der Waals surface area (Å²) in [6.45, 7) is 5.29. The van der Waals surface area contributed by atoms with Gasteiger partial charge in [-0.3, -0.25) is 4.79 Å². The number of carbonyl (C=O) groups excluding carboxylic acids is 1. The van der Waals surface area contributed by atoms with Crippen molar-refractivity contribution in [2.75, 3.05) is 18.8 Å². The molecule has 1 amide bonds. The van der Waals surface area contributed by atoms with Crippen molar-refractivity contribution in [3.8, 4) is 16.9 Å². The third-order valence-electron chi connectivity index (χ3n) is 5.65. The number of nitrogens with zero attached hydrogens (tertiary/aromatic N) is 2. The summed E-state index contributed by atoms with van der Waals surface area (Å²) in [5, 5.41) is 12.7. The molecule has 3 N–H and O–H groups in total. The SMILES string of the molecule is C=CC(=O)N1CCCCC1.Nc1snc2c(F)c(-c3cc(O)cc4ccccc34)c(Cl)cc12. The summed E-state index contributed by atoms with van der Waals surface area (Å²) in [5.41, 5.74) is 6.75. The second-order valence-electron chi connectivity index (χ2n) is 7.79. The molecule has 1 saturated heterocycles. The van der Waals surface area contributed by atoms with E-state index < -0.39 is 5.82 Å². The zero-order valence-corrected chi connectivity index (χ0v) is 19.4. The Bertz CT molecular complexity index is 1350. The van der Waals surface area contributed by atoms with Gasteiger partial charge in [0.05, 0.1) is 5.02 Å². The molecule has 0 atom stereocenters. The predicted molar refractivity (Wildman–Crippen MR) is 134 cm³/mol. The molecular weight excluding hydrogens is 461 g/mol. The van der Waals surface area contributed by atoms with Crippen molar-refractivity contribution in [3.05, 3.63) is 66.0 Å². The zero-order chi connectivity index (χ0) is 23.5. The lowest BCUT2D eigenvalue weighted by atomic mass is 9.96. The standard InChI is InChI=1S/C17H10ClFN2OS.C8H13NO/c18-13-7-12-16(21-23-17(12)20)15(19)14(13)11-6-9(22)5-8-3-1-2-4-10(8)11;1-2-8(10)9-6-4-3-5-7-9/h1-7,22H,20H2;2H,1,3-7H2. The maximum Gasteiger partial charge on any atom is 0.245 e. The fraction of sp³-hybridized carbons (Fsp3) is 0.200. The Morgan fingerprint density at radius 2 is 1.91 bits per heavy atom. The van der Waals surface area contributed by atoms with Crippen LogP contribution >= 0.6 is 23.1 Å². The van der Waals surface area contributed by atoms with Gasteiger partial charge < -0.3 is 15.7 Å². The van der Waals surface area contributed by atoms with Gasteiger partial charge in [-0.1, -0.05) is 42.4 Å². The molecule has 1 aliphatic heterocycles. The van der Waals surface area contributed by atoms with Gasteiger partial charge in [-0.15, -0.1) is 0 Å². The molecule has 1 aliphatic rings. The van der Waals surface area contributed by atoms with Crippen LogP contribution in [0.3, 0.4) is 0 Å². The van der Waals surface area contributed by atoms with E-state index in [0.717, 1.165) is 48.2 Å². The number of likely N-dealkylation sites (tertiary alicyclic amines) is 1. The fourth-order valence-corrected chi connectivity index (χ4v) is 4.94. The third kappa shape index (κ3) is 4.65. The lowest BCUT2D eigenvalue weighted by Gasteiger charge is -2.25. The molecule has 1 aromatic heterocycles. The van der Waals surface area contributed by atoms with E-state index in [1.54, 1.807) is 12.1 Å². The Labute approximate surface area is 200 Å². The van der Waals surface area contributed by atoms with Crippen molar-refractivity contribution in [2.45, 2.75) is 19.3 Å². The Hall–Kier alpha value is -3.16. The van der Waals surface area contributed by atoms with Gasteiger partial charge >= 0.3 is 0 Å². The van der Waals surface area contributed by atoms with Crippen molar-refractivity contribution in [1.29, 1.82) is 0 Å². The first-order valence-electron chi connectivity index (χ1n) is 10.6. The van der Waals surface area contributed by atoms with Gasteiger partial charge in [-0.25, -0.2) is 4.39 Å². The molecule has 0 aliphatic carbocycles. The van der Waals surface area contributed by atoms with Gasteiger partial charge in [-0.2, -0.15) is 4.37 Å². The number of benzene rings is 3. The lowest BCUT2D eigenvalue weighted by Crippen LogP contribution is -2.34. The average Bonchev–Trinajstić information content (AvgIpc) is 3.20. The number of aromatic hydroxyl groups is 1. The topological polar surface area (TPSA) is 79.5 Å². The van der Waals surface area contributed by atoms with E-state index in [0.29, 0.717) is 16.0 Å². The van der Waals surface area contributed by atoms with Crippen LogP contribution in [-0.4, -0.2) is 33.4 Å². The second kappa shape index (κ2) is 9.77. The van der Waals surface area contributed by atoms with Crippen LogP contribution in [-0.2, 0) is 4.79 Å². The van der Waals surface area contributed by atoms with Crippen LogP contribution in [0.1, 0.15) is 19.3 Å². The van der Waals surface area contributed by atoms with Crippen molar-refractivity contribution >= 4 is 55.7 Å². The number of phenols is 1. The van der Waals surface area contributed by atoms with Gasteiger partial charge in [-0.05, 0) is 71.4 Å². The molecule has 5 nitrogen and oxygen atoms in total. The number of nitrogens with two attached hydrogens (primary N) is 1. The van der Waals surface area contributed by atoms with Crippen LogP contribution in [0.4, 0.5) is 9.39 Å². The Morgan fingerprint density at radius 1 is 1.18 bits per heavy atom. The van der Waals surface area contributed by atoms with Gasteiger partial charge in [0.15, 0.2) is 5.82 Å². The van der Waals surface area contributed by atoms with E-state index in [1.165, 1.54) is 18.6 Å². The minimum absolute atomic E-state index is 0.0482. The summed E-state index contributed by atoms with van der Waals surface area (Å²) in [6, 6.07) is 12.2. The third-order valence-corrected chi connectivity index (χ3v) is 6.64. The number of piperidine rings is 1. The molecule has 8 heteroatoms. The van der Waals surface area contributed by atoms with Gasteiger partial charge in [0.1, 0.15) is 16.3 Å². The van der Waals surface area contributed by atoms with Crippen LogP contribution in [0.2, 0.25) is 5.02 Å². The number of halogens is 2. The van der Waals surface area contributed by atoms with E-state index >= 15 is 4.39 Å². The van der Waals surface area contributed by atoms with Crippen LogP contribution in [0.5, 0.6) is 5.75 Å². The smallest absolute Gasteiger partial charge is 0.245 e. The molecule has 0 bridgehead atoms. The van der Waals surface area contributed by atoms with Crippen molar-refractivity contribution in [3.63, 3.8) is 0 Å². The summed E-state index contributed by atoms with van der Waals surface area (Å²) in [7, 11) is 0. The number of phenolic OH excluding ortho intramolecular Hbond substituents is 1. The van der Waals surface area contributed by atoms with Crippen LogP contribution in [0.25, 0.3) is 32.8 Å². The average molecular weight is 484 g/mol. The molecule has 0 spiro atoms. The molecule has 0 saturated carbocycles. The summed E-state index contributed by atoms with van der Waals surface area (Å²) < 4.78 is 19.1. The first-order valence-corrected chi connectivity index (χ1v) is 11.7. The highest BCUT2D eigenvalue weighted by Crippen LogP contribution is 2.42. The number of fused-ring (bicyclic) bond motifs is 2. The van der Waals surface area contributed by atoms with Gasteiger partial charge in [0.2, 0.25) is 5.91 Å². The van der Waals surface area contributed by atoms with E-state index in [1.807, 2.05) is 29.2 Å². The molecule has 0 radical (unpaired) electrons. The van der Waals surface area contributed by atoms with Gasteiger partial charge in [0.25, 0.3) is 0 Å². The largest absolute Gasteiger partial charge is 0.508 e. The maximum atomic E-state index is 15.0. The molecule has 1 fully saturated rings. The van der Waals surface area contributed by atoms with Crippen LogP contribution in [0, 0.1) is 5.82 Å². The number of aromatic nitrogens is 1. The molecule has 4 aromatic rings. The Kier molecular flexibility index (Phi) is 6.81. The quantitative estimate of drug-likeness (QED) is 0.324. The molecule has 3 aromatic carbocycles. The first-order chi connectivity index (χ1) is 15.9. The monoisotopic (exact) mass is 483 g/mol. The summed E-state index contributed by atoms with van der Waals surface area (Å²) in [4.78, 5) is 12.8.